The number of nitrogens with zero attached hydrogens (tertiary/aromatic N) is 5. The summed E-state index contributed by atoms with van der Waals surface area (Å²) in [6.45, 7) is 0. The molecule has 4 aromatic heterocycles. The van der Waals surface area contributed by atoms with Crippen LogP contribution in [0.3, 0.4) is 0 Å². The van der Waals surface area contributed by atoms with Crippen LogP contribution in [0, 0.1) is 0 Å². The summed E-state index contributed by atoms with van der Waals surface area (Å²) in [5, 5.41) is 3.66. The lowest BCUT2D eigenvalue weighted by atomic mass is 10.2. The van der Waals surface area contributed by atoms with Gasteiger partial charge in [-0.15, -0.1) is 0 Å². The summed E-state index contributed by atoms with van der Waals surface area (Å²) < 4.78 is 7.36. The van der Waals surface area contributed by atoms with Crippen LogP contribution in [0.25, 0.3) is 27.7 Å². The van der Waals surface area contributed by atoms with Crippen molar-refractivity contribution in [2.75, 3.05) is 5.32 Å². The summed E-state index contributed by atoms with van der Waals surface area (Å²) in [5.41, 5.74) is 2.98. The lowest BCUT2D eigenvalue weighted by molar-refractivity contribution is 0.101. The molecule has 8 nitrogen and oxygen atoms in total. The Hall–Kier alpha value is -4.07. The van der Waals surface area contributed by atoms with Crippen LogP contribution in [0.1, 0.15) is 10.5 Å². The number of hydrogen-bond acceptors (Lipinski definition) is 6. The van der Waals surface area contributed by atoms with Gasteiger partial charge in [-0.1, -0.05) is 6.07 Å². The lowest BCUT2D eigenvalue weighted by Crippen LogP contribution is -2.16. The van der Waals surface area contributed by atoms with Crippen LogP contribution >= 0.6 is 0 Å². The van der Waals surface area contributed by atoms with Crippen LogP contribution in [-0.4, -0.2) is 30.4 Å². The molecule has 8 heteroatoms. The van der Waals surface area contributed by atoms with E-state index in [-0.39, 0.29) is 11.9 Å². The largest absolute Gasteiger partial charge is 0.423 e. The molecule has 0 radical (unpaired) electrons. The SMILES string of the molecule is O=C(Nc1nc2c(ccc3cccnc32)o1)c1cccn1-c1cncnc1. The van der Waals surface area contributed by atoms with Crippen LogP contribution in [0.2, 0.25) is 0 Å². The predicted octanol–water partition coefficient (Wildman–Crippen LogP) is 3.21. The maximum absolute atomic E-state index is 12.7. The third-order valence-electron chi connectivity index (χ3n) is 4.16. The smallest absolute Gasteiger partial charge is 0.302 e. The average molecular weight is 356 g/mol. The first kappa shape index (κ1) is 15.2. The van der Waals surface area contributed by atoms with Crippen LogP contribution in [0.4, 0.5) is 6.01 Å². The second kappa shape index (κ2) is 6.03. The minimum atomic E-state index is -0.354. The Morgan fingerprint density at radius 2 is 1.93 bits per heavy atom. The van der Waals surface area contributed by atoms with Crippen molar-refractivity contribution in [3.63, 3.8) is 0 Å². The summed E-state index contributed by atoms with van der Waals surface area (Å²) >= 11 is 0. The Kier molecular flexibility index (Phi) is 3.39. The number of aromatic nitrogens is 5. The molecular formula is C19H12N6O2. The molecule has 0 fully saturated rings. The molecule has 0 unspecified atom stereocenters. The van der Waals surface area contributed by atoms with Gasteiger partial charge in [-0.25, -0.2) is 9.97 Å². The number of benzene rings is 1. The summed E-state index contributed by atoms with van der Waals surface area (Å²) in [5.74, 6) is -0.354. The van der Waals surface area contributed by atoms with Gasteiger partial charge in [0, 0.05) is 17.8 Å². The quantitative estimate of drug-likeness (QED) is 0.533. The number of amides is 1. The van der Waals surface area contributed by atoms with E-state index in [4.69, 9.17) is 4.42 Å². The summed E-state index contributed by atoms with van der Waals surface area (Å²) in [4.78, 5) is 29.4. The van der Waals surface area contributed by atoms with Crippen molar-refractivity contribution < 1.29 is 9.21 Å². The van der Waals surface area contributed by atoms with Gasteiger partial charge >= 0.3 is 6.01 Å². The van der Waals surface area contributed by atoms with E-state index in [1.54, 1.807) is 41.5 Å². The van der Waals surface area contributed by atoms with Crippen LogP contribution in [-0.2, 0) is 0 Å². The molecule has 4 heterocycles. The van der Waals surface area contributed by atoms with E-state index < -0.39 is 0 Å². The molecular weight excluding hydrogens is 344 g/mol. The Balaban J connectivity index is 1.50. The number of hydrogen-bond donors (Lipinski definition) is 1. The molecule has 0 spiro atoms. The number of fused-ring (bicyclic) bond motifs is 3. The normalized spacial score (nSPS) is 11.1. The van der Waals surface area contributed by atoms with Gasteiger partial charge in [-0.2, -0.15) is 4.98 Å². The van der Waals surface area contributed by atoms with Crippen LogP contribution in [0.15, 0.2) is 71.9 Å². The molecule has 5 rings (SSSR count). The van der Waals surface area contributed by atoms with Gasteiger partial charge in [-0.05, 0) is 30.3 Å². The molecule has 27 heavy (non-hydrogen) atoms. The van der Waals surface area contributed by atoms with Gasteiger partial charge in [0.1, 0.15) is 17.5 Å². The summed E-state index contributed by atoms with van der Waals surface area (Å²) in [6.07, 6.45) is 8.14. The van der Waals surface area contributed by atoms with E-state index in [9.17, 15) is 4.79 Å². The Morgan fingerprint density at radius 3 is 2.81 bits per heavy atom. The summed E-state index contributed by atoms with van der Waals surface area (Å²) in [7, 11) is 0. The zero-order valence-electron chi connectivity index (χ0n) is 13.9. The monoisotopic (exact) mass is 356 g/mol. The van der Waals surface area contributed by atoms with Gasteiger partial charge in [0.05, 0.1) is 23.6 Å². The molecule has 0 atom stereocenters. The number of oxazole rings is 1. The molecule has 1 aromatic carbocycles. The number of carbonyl (C=O) groups is 1. The second-order valence-electron chi connectivity index (χ2n) is 5.82. The minimum absolute atomic E-state index is 0.116. The van der Waals surface area contributed by atoms with Crippen molar-refractivity contribution in [1.29, 1.82) is 0 Å². The van der Waals surface area contributed by atoms with E-state index in [1.807, 2.05) is 24.3 Å². The van der Waals surface area contributed by atoms with Gasteiger partial charge in [0.2, 0.25) is 0 Å². The fourth-order valence-electron chi connectivity index (χ4n) is 2.95. The molecule has 5 aromatic rings. The van der Waals surface area contributed by atoms with Gasteiger partial charge in [0.15, 0.2) is 5.58 Å². The van der Waals surface area contributed by atoms with E-state index in [1.165, 1.54) is 6.33 Å². The first-order chi connectivity index (χ1) is 13.3. The predicted molar refractivity (Wildman–Crippen MR) is 98.6 cm³/mol. The second-order valence-corrected chi connectivity index (χ2v) is 5.82. The number of rotatable bonds is 3. The first-order valence-corrected chi connectivity index (χ1v) is 8.18. The van der Waals surface area contributed by atoms with Crippen molar-refractivity contribution in [2.45, 2.75) is 0 Å². The highest BCUT2D eigenvalue weighted by atomic mass is 16.4. The maximum atomic E-state index is 12.7. The Labute approximate surface area is 152 Å². The molecule has 130 valence electrons. The molecule has 0 saturated heterocycles. The van der Waals surface area contributed by atoms with E-state index in [2.05, 4.69) is 25.3 Å². The third-order valence-corrected chi connectivity index (χ3v) is 4.16. The molecule has 0 aliphatic rings. The molecule has 1 amide bonds. The number of pyridine rings is 1. The average Bonchev–Trinajstić information content (AvgIpc) is 3.35. The minimum Gasteiger partial charge on any atom is -0.423 e. The molecule has 0 bridgehead atoms. The molecule has 1 N–H and O–H groups in total. The van der Waals surface area contributed by atoms with Gasteiger partial charge in [-0.3, -0.25) is 15.1 Å². The van der Waals surface area contributed by atoms with Gasteiger partial charge < -0.3 is 8.98 Å². The van der Waals surface area contributed by atoms with Crippen LogP contribution in [0.5, 0.6) is 0 Å². The molecule has 0 saturated carbocycles. The fraction of sp³-hybridized carbons (Fsp3) is 0. The highest BCUT2D eigenvalue weighted by Gasteiger charge is 2.16. The topological polar surface area (TPSA) is 98.7 Å². The van der Waals surface area contributed by atoms with E-state index in [0.717, 1.165) is 10.9 Å². The van der Waals surface area contributed by atoms with Crippen molar-refractivity contribution in [2.24, 2.45) is 0 Å². The zero-order chi connectivity index (χ0) is 18.2. The van der Waals surface area contributed by atoms with Crippen molar-refractivity contribution in [3.8, 4) is 5.69 Å². The number of carbonyl (C=O) groups excluding carboxylic acids is 1. The van der Waals surface area contributed by atoms with Crippen molar-refractivity contribution >= 4 is 33.9 Å². The lowest BCUT2D eigenvalue weighted by Gasteiger charge is -2.07. The highest BCUT2D eigenvalue weighted by Crippen LogP contribution is 2.26. The molecule has 0 aliphatic heterocycles. The van der Waals surface area contributed by atoms with E-state index >= 15 is 0 Å². The molecule has 0 aliphatic carbocycles. The third kappa shape index (κ3) is 2.60. The maximum Gasteiger partial charge on any atom is 0.302 e. The van der Waals surface area contributed by atoms with Crippen molar-refractivity contribution in [3.05, 3.63) is 73.2 Å². The first-order valence-electron chi connectivity index (χ1n) is 8.18. The number of anilines is 1. The van der Waals surface area contributed by atoms with E-state index in [0.29, 0.717) is 22.5 Å². The highest BCUT2D eigenvalue weighted by molar-refractivity contribution is 6.05. The van der Waals surface area contributed by atoms with Gasteiger partial charge in [0.25, 0.3) is 5.91 Å². The zero-order valence-corrected chi connectivity index (χ0v) is 13.9. The summed E-state index contributed by atoms with van der Waals surface area (Å²) in [6, 6.07) is 11.1. The fourth-order valence-corrected chi connectivity index (χ4v) is 2.95. The Bertz CT molecular complexity index is 1280. The number of nitrogens with one attached hydrogen (secondary N) is 1. The Morgan fingerprint density at radius 1 is 1.04 bits per heavy atom. The van der Waals surface area contributed by atoms with Crippen LogP contribution < -0.4 is 5.32 Å². The van der Waals surface area contributed by atoms with Crippen molar-refractivity contribution in [1.82, 2.24) is 24.5 Å². The standard InChI is InChI=1S/C19H12N6O2/c26-18(14-4-2-8-25(14)13-9-20-11-21-10-13)24-19-23-17-15(27-19)6-5-12-3-1-7-22-16(12)17/h1-11H,(H,23,24,26).